The summed E-state index contributed by atoms with van der Waals surface area (Å²) < 4.78 is 2.10. The number of benzene rings is 2. The predicted molar refractivity (Wildman–Crippen MR) is 133 cm³/mol. The van der Waals surface area contributed by atoms with Crippen LogP contribution >= 0.6 is 0 Å². The van der Waals surface area contributed by atoms with Gasteiger partial charge in [-0.25, -0.2) is 0 Å². The number of hydrogen-bond acceptors (Lipinski definition) is 3. The largest absolute Gasteiger partial charge is 0.481 e. The molecule has 0 radical (unpaired) electrons. The van der Waals surface area contributed by atoms with Gasteiger partial charge in [-0.1, -0.05) is 24.3 Å². The molecule has 2 N–H and O–H groups in total. The average Bonchev–Trinajstić information content (AvgIpc) is 3.24. The van der Waals surface area contributed by atoms with Crippen LogP contribution in [-0.4, -0.2) is 33.1 Å². The van der Waals surface area contributed by atoms with Gasteiger partial charge in [0.15, 0.2) is 0 Å². The number of nitrogens with zero attached hydrogens (tertiary/aromatic N) is 2. The molecule has 1 aliphatic carbocycles. The normalized spacial score (nSPS) is 18.3. The van der Waals surface area contributed by atoms with Crippen LogP contribution < -0.4 is 5.32 Å². The van der Waals surface area contributed by atoms with E-state index >= 15 is 0 Å². The molecule has 1 fully saturated rings. The zero-order valence-corrected chi connectivity index (χ0v) is 19.3. The monoisotopic (exact) mass is 455 g/mol. The number of carboxylic acids is 1. The van der Waals surface area contributed by atoms with Crippen molar-refractivity contribution >= 4 is 33.6 Å². The fraction of sp³-hybridized carbons (Fsp3) is 0.321. The summed E-state index contributed by atoms with van der Waals surface area (Å²) in [5.41, 5.74) is 3.56. The molecule has 34 heavy (non-hydrogen) atoms. The number of aromatic nitrogens is 2. The van der Waals surface area contributed by atoms with Crippen molar-refractivity contribution in [2.45, 2.75) is 39.2 Å². The van der Waals surface area contributed by atoms with Gasteiger partial charge in [0.2, 0.25) is 0 Å². The van der Waals surface area contributed by atoms with Crippen LogP contribution in [0.2, 0.25) is 0 Å². The van der Waals surface area contributed by atoms with E-state index in [0.29, 0.717) is 37.4 Å². The summed E-state index contributed by atoms with van der Waals surface area (Å²) in [5.74, 6) is -0.699. The Hall–Kier alpha value is -3.67. The number of hydrogen-bond donors (Lipinski definition) is 2. The highest BCUT2D eigenvalue weighted by atomic mass is 16.4. The second-order valence-electron chi connectivity index (χ2n) is 9.48. The number of carboxylic acid groups (broad SMARTS) is 1. The van der Waals surface area contributed by atoms with Crippen molar-refractivity contribution in [2.24, 2.45) is 11.8 Å². The van der Waals surface area contributed by atoms with Gasteiger partial charge >= 0.3 is 5.97 Å². The molecule has 2 aromatic carbocycles. The first-order valence-electron chi connectivity index (χ1n) is 11.9. The van der Waals surface area contributed by atoms with Gasteiger partial charge in [-0.05, 0) is 73.7 Å². The van der Waals surface area contributed by atoms with Crippen LogP contribution in [0.25, 0.3) is 21.7 Å². The number of aliphatic carboxylic acids is 1. The summed E-state index contributed by atoms with van der Waals surface area (Å²) in [7, 11) is 0. The van der Waals surface area contributed by atoms with Gasteiger partial charge in [-0.3, -0.25) is 14.6 Å². The second kappa shape index (κ2) is 9.29. The Kier molecular flexibility index (Phi) is 6.05. The smallest absolute Gasteiger partial charge is 0.306 e. The summed E-state index contributed by atoms with van der Waals surface area (Å²) in [6.07, 6.45) is 6.96. The van der Waals surface area contributed by atoms with E-state index in [0.717, 1.165) is 45.8 Å². The lowest BCUT2D eigenvalue weighted by molar-refractivity contribution is -0.143. The lowest BCUT2D eigenvalue weighted by atomic mass is 9.82. The number of carbonyl (C=O) groups is 2. The quantitative estimate of drug-likeness (QED) is 0.420. The molecule has 0 spiro atoms. The molecule has 0 unspecified atom stereocenters. The first-order valence-corrected chi connectivity index (χ1v) is 11.9. The minimum atomic E-state index is -0.702. The molecular formula is C28H29N3O3. The van der Waals surface area contributed by atoms with E-state index in [-0.39, 0.29) is 11.8 Å². The molecule has 2 aromatic heterocycles. The van der Waals surface area contributed by atoms with Crippen LogP contribution in [0.4, 0.5) is 0 Å². The topological polar surface area (TPSA) is 84.2 Å². The molecule has 0 saturated heterocycles. The molecule has 1 saturated carbocycles. The zero-order chi connectivity index (χ0) is 23.7. The summed E-state index contributed by atoms with van der Waals surface area (Å²) >= 11 is 0. The summed E-state index contributed by atoms with van der Waals surface area (Å²) in [6, 6.07) is 16.4. The molecule has 0 aliphatic heterocycles. The van der Waals surface area contributed by atoms with E-state index in [4.69, 9.17) is 0 Å². The van der Waals surface area contributed by atoms with Crippen molar-refractivity contribution in [1.82, 2.24) is 14.9 Å². The van der Waals surface area contributed by atoms with Gasteiger partial charge in [-0.2, -0.15) is 0 Å². The van der Waals surface area contributed by atoms with Crippen LogP contribution in [0, 0.1) is 18.8 Å². The standard InChI is InChI=1S/C28H29N3O3/c1-18-12-22-10-11-31(17-24-14-21-4-2-3-5-23(21)16-29-24)26(22)25(13-18)27(32)30-15-19-6-8-20(9-7-19)28(33)34/h2-5,10-14,16,19-20H,6-9,15,17H2,1H3,(H,30,32)(H,33,34). The zero-order valence-electron chi connectivity index (χ0n) is 19.3. The van der Waals surface area contributed by atoms with Crippen molar-refractivity contribution < 1.29 is 14.7 Å². The van der Waals surface area contributed by atoms with Crippen LogP contribution in [0.3, 0.4) is 0 Å². The minimum absolute atomic E-state index is 0.0829. The number of nitrogens with one attached hydrogen (secondary N) is 1. The summed E-state index contributed by atoms with van der Waals surface area (Å²) in [5, 5.41) is 15.6. The third-order valence-electron chi connectivity index (χ3n) is 7.02. The number of fused-ring (bicyclic) bond motifs is 2. The minimum Gasteiger partial charge on any atom is -0.481 e. The molecule has 0 atom stereocenters. The molecule has 6 heteroatoms. The van der Waals surface area contributed by atoms with Gasteiger partial charge < -0.3 is 15.0 Å². The fourth-order valence-electron chi connectivity index (χ4n) is 5.14. The Morgan fingerprint density at radius 2 is 1.79 bits per heavy atom. The van der Waals surface area contributed by atoms with Crippen LogP contribution in [-0.2, 0) is 11.3 Å². The van der Waals surface area contributed by atoms with Crippen molar-refractivity contribution in [1.29, 1.82) is 0 Å². The third-order valence-corrected chi connectivity index (χ3v) is 7.02. The van der Waals surface area contributed by atoms with Crippen LogP contribution in [0.1, 0.15) is 47.3 Å². The van der Waals surface area contributed by atoms with Gasteiger partial charge in [-0.15, -0.1) is 0 Å². The fourth-order valence-corrected chi connectivity index (χ4v) is 5.14. The van der Waals surface area contributed by atoms with Gasteiger partial charge in [0, 0.05) is 29.7 Å². The Morgan fingerprint density at radius 3 is 2.56 bits per heavy atom. The predicted octanol–water partition coefficient (Wildman–Crippen LogP) is 5.17. The van der Waals surface area contributed by atoms with E-state index in [2.05, 4.69) is 39.1 Å². The van der Waals surface area contributed by atoms with Gasteiger partial charge in [0.25, 0.3) is 5.91 Å². The highest BCUT2D eigenvalue weighted by molar-refractivity contribution is 6.06. The lowest BCUT2D eigenvalue weighted by Gasteiger charge is -2.26. The molecule has 0 bridgehead atoms. The molecule has 1 aliphatic rings. The molecule has 6 nitrogen and oxygen atoms in total. The highest BCUT2D eigenvalue weighted by Crippen LogP contribution is 2.29. The van der Waals surface area contributed by atoms with Crippen LogP contribution in [0.5, 0.6) is 0 Å². The van der Waals surface area contributed by atoms with Crippen molar-refractivity contribution in [3.05, 3.63) is 77.7 Å². The highest BCUT2D eigenvalue weighted by Gasteiger charge is 2.26. The van der Waals surface area contributed by atoms with Crippen molar-refractivity contribution in [3.8, 4) is 0 Å². The molecule has 4 aromatic rings. The average molecular weight is 456 g/mol. The SMILES string of the molecule is Cc1cc(C(=O)NCC2CCC(C(=O)O)CC2)c2c(ccn2Cc2cc3ccccc3cn2)c1. The molecular weight excluding hydrogens is 426 g/mol. The molecule has 1 amide bonds. The Labute approximate surface area is 198 Å². The Bertz CT molecular complexity index is 1370. The molecule has 2 heterocycles. The molecule has 5 rings (SSSR count). The first kappa shape index (κ1) is 22.1. The van der Waals surface area contributed by atoms with E-state index in [9.17, 15) is 14.7 Å². The number of carbonyl (C=O) groups excluding carboxylic acids is 1. The second-order valence-corrected chi connectivity index (χ2v) is 9.48. The third kappa shape index (κ3) is 4.53. The Balaban J connectivity index is 1.36. The lowest BCUT2D eigenvalue weighted by Crippen LogP contribution is -2.32. The number of amides is 1. The maximum atomic E-state index is 13.3. The van der Waals surface area contributed by atoms with E-state index in [1.54, 1.807) is 0 Å². The maximum Gasteiger partial charge on any atom is 0.306 e. The maximum absolute atomic E-state index is 13.3. The number of aryl methyl sites for hydroxylation is 1. The first-order chi connectivity index (χ1) is 16.5. The van der Waals surface area contributed by atoms with E-state index < -0.39 is 5.97 Å². The molecule has 174 valence electrons. The van der Waals surface area contributed by atoms with E-state index in [1.165, 1.54) is 0 Å². The number of pyridine rings is 1. The van der Waals surface area contributed by atoms with Crippen LogP contribution in [0.15, 0.2) is 60.9 Å². The Morgan fingerprint density at radius 1 is 1.03 bits per heavy atom. The van der Waals surface area contributed by atoms with Gasteiger partial charge in [0.1, 0.15) is 0 Å². The van der Waals surface area contributed by atoms with Gasteiger partial charge in [0.05, 0.1) is 29.2 Å². The van der Waals surface area contributed by atoms with E-state index in [1.807, 2.05) is 43.6 Å². The summed E-state index contributed by atoms with van der Waals surface area (Å²) in [6.45, 7) is 3.16. The van der Waals surface area contributed by atoms with Crippen molar-refractivity contribution in [3.63, 3.8) is 0 Å². The van der Waals surface area contributed by atoms with Crippen molar-refractivity contribution in [2.75, 3.05) is 6.54 Å². The summed E-state index contributed by atoms with van der Waals surface area (Å²) in [4.78, 5) is 29.1. The number of rotatable bonds is 6.